The number of nitrogens with zero attached hydrogens (tertiary/aromatic N) is 5. The molecule has 0 radical (unpaired) electrons. The Kier molecular flexibility index (Phi) is 10.9. The molecule has 0 saturated carbocycles. The summed E-state index contributed by atoms with van der Waals surface area (Å²) in [5, 5.41) is 15.7. The average Bonchev–Trinajstić information content (AvgIpc) is 3.36. The number of hydrogen-bond donors (Lipinski definition) is 1. The molecule has 0 fully saturated rings. The van der Waals surface area contributed by atoms with E-state index >= 15 is 0 Å². The van der Waals surface area contributed by atoms with Gasteiger partial charge < -0.3 is 9.64 Å². The fourth-order valence-corrected chi connectivity index (χ4v) is 6.25. The second-order valence-corrected chi connectivity index (χ2v) is 12.2. The molecular weight excluding hydrogens is 569 g/mol. The van der Waals surface area contributed by atoms with E-state index in [4.69, 9.17) is 4.74 Å². The first-order valence-corrected chi connectivity index (χ1v) is 15.8. The van der Waals surface area contributed by atoms with Crippen LogP contribution >= 0.6 is 11.3 Å². The zero-order valence-corrected chi connectivity index (χ0v) is 24.6. The van der Waals surface area contributed by atoms with Crippen LogP contribution in [0.4, 0.5) is 35.4 Å². The lowest BCUT2D eigenvalue weighted by Gasteiger charge is -2.44. The number of ether oxygens (including phenoxy) is 1. The number of alkyl halides is 3. The van der Waals surface area contributed by atoms with Crippen LogP contribution in [-0.4, -0.2) is 55.2 Å². The maximum Gasteiger partial charge on any atom is 0.404 e. The third-order valence-electron chi connectivity index (χ3n) is 6.60. The Balaban J connectivity index is 2.02. The lowest BCUT2D eigenvalue weighted by Crippen LogP contribution is -2.45. The fourth-order valence-electron chi connectivity index (χ4n) is 4.69. The van der Waals surface area contributed by atoms with E-state index in [9.17, 15) is 26.4 Å². The normalized spacial score (nSPS) is 16.0. The fraction of sp³-hybridized carbons (Fsp3) is 0.640. The number of fused-ring (bicyclic) bond motifs is 1. The van der Waals surface area contributed by atoms with Gasteiger partial charge in [0.15, 0.2) is 5.75 Å². The van der Waals surface area contributed by atoms with Crippen molar-refractivity contribution < 1.29 is 31.1 Å². The maximum atomic E-state index is 13.0. The first-order chi connectivity index (χ1) is 18.9. The van der Waals surface area contributed by atoms with E-state index in [-0.39, 0.29) is 40.2 Å². The van der Waals surface area contributed by atoms with Gasteiger partial charge in [0.25, 0.3) is 5.13 Å². The zero-order chi connectivity index (χ0) is 29.5. The van der Waals surface area contributed by atoms with Crippen molar-refractivity contribution in [3.8, 4) is 0 Å². The summed E-state index contributed by atoms with van der Waals surface area (Å²) >= 11 is 0.835. The third kappa shape index (κ3) is 8.35. The Morgan fingerprint density at radius 1 is 1.20 bits per heavy atom. The van der Waals surface area contributed by atoms with Crippen molar-refractivity contribution >= 4 is 49.5 Å². The van der Waals surface area contributed by atoms with Gasteiger partial charge in [-0.3, -0.25) is 4.72 Å². The first kappa shape index (κ1) is 31.7. The monoisotopic (exact) mass is 604 g/mol. The molecule has 3 rings (SSSR count). The number of aryl methyl sites for hydroxylation is 1. The summed E-state index contributed by atoms with van der Waals surface area (Å²) < 4.78 is 71.1. The van der Waals surface area contributed by atoms with E-state index in [1.807, 2.05) is 6.92 Å². The van der Waals surface area contributed by atoms with E-state index in [0.717, 1.165) is 54.7 Å². The Morgan fingerprint density at radius 3 is 2.55 bits per heavy atom. The molecule has 1 aliphatic rings. The van der Waals surface area contributed by atoms with Crippen LogP contribution in [0.3, 0.4) is 0 Å². The number of unbranched alkanes of at least 4 members (excludes halogenated alkanes) is 1. The van der Waals surface area contributed by atoms with E-state index in [1.54, 1.807) is 12.1 Å². The number of sulfonamides is 1. The zero-order valence-electron chi connectivity index (χ0n) is 23.0. The van der Waals surface area contributed by atoms with E-state index in [1.165, 1.54) is 0 Å². The Hall–Kier alpha value is -2.81. The van der Waals surface area contributed by atoms with Crippen LogP contribution in [0.1, 0.15) is 81.6 Å². The summed E-state index contributed by atoms with van der Waals surface area (Å²) in [6, 6.07) is 3.58. The molecule has 2 aromatic rings. The predicted octanol–water partition coefficient (Wildman–Crippen LogP) is 6.93. The standard InChI is InChI=1S/C25H35F3N6O4S2/c1-5-9-12-38-23(35)22-30-32-24(39-22)31-29-19-13-16-10-11-18(8-4)34(17(6-2)7-3)21(16)14-20(19)33-40(36,37)15-25(26,27)28/h13-14,17-18,33H,5-12,15H2,1-4H3. The molecule has 1 atom stereocenters. The van der Waals surface area contributed by atoms with Gasteiger partial charge in [-0.2, -0.15) is 13.2 Å². The Morgan fingerprint density at radius 2 is 1.93 bits per heavy atom. The van der Waals surface area contributed by atoms with Gasteiger partial charge in [-0.15, -0.1) is 20.4 Å². The molecule has 0 saturated heterocycles. The van der Waals surface area contributed by atoms with Gasteiger partial charge >= 0.3 is 12.1 Å². The van der Waals surface area contributed by atoms with Crippen LogP contribution in [0.25, 0.3) is 0 Å². The molecule has 10 nitrogen and oxygen atoms in total. The third-order valence-corrected chi connectivity index (χ3v) is 8.63. The molecule has 0 spiro atoms. The quantitative estimate of drug-likeness (QED) is 0.149. The molecule has 222 valence electrons. The minimum Gasteiger partial charge on any atom is -0.460 e. The summed E-state index contributed by atoms with van der Waals surface area (Å²) in [5.74, 6) is -2.68. The lowest BCUT2D eigenvalue weighted by atomic mass is 9.90. The molecule has 1 aromatic heterocycles. The molecular formula is C25H35F3N6O4S2. The number of aromatic nitrogens is 2. The lowest BCUT2D eigenvalue weighted by molar-refractivity contribution is -0.106. The topological polar surface area (TPSA) is 126 Å². The molecule has 15 heteroatoms. The molecule has 0 amide bonds. The van der Waals surface area contributed by atoms with Gasteiger partial charge in [0.2, 0.25) is 15.0 Å². The van der Waals surface area contributed by atoms with Crippen LogP contribution in [0.15, 0.2) is 22.4 Å². The van der Waals surface area contributed by atoms with Crippen LogP contribution in [0.2, 0.25) is 0 Å². The second-order valence-electron chi connectivity index (χ2n) is 9.53. The summed E-state index contributed by atoms with van der Waals surface area (Å²) in [5.41, 5.74) is 1.57. The number of benzene rings is 1. The molecule has 1 aromatic carbocycles. The van der Waals surface area contributed by atoms with Gasteiger partial charge in [0, 0.05) is 17.8 Å². The number of halogens is 3. The van der Waals surface area contributed by atoms with Gasteiger partial charge in [-0.1, -0.05) is 45.5 Å². The highest BCUT2D eigenvalue weighted by atomic mass is 32.2. The second kappa shape index (κ2) is 13.7. The number of azo groups is 1. The predicted molar refractivity (Wildman–Crippen MR) is 148 cm³/mol. The van der Waals surface area contributed by atoms with Crippen molar-refractivity contribution in [2.45, 2.75) is 90.9 Å². The smallest absolute Gasteiger partial charge is 0.404 e. The van der Waals surface area contributed by atoms with Crippen molar-refractivity contribution in [1.29, 1.82) is 0 Å². The molecule has 40 heavy (non-hydrogen) atoms. The number of carbonyl (C=O) groups excluding carboxylic acids is 1. The van der Waals surface area contributed by atoms with Crippen molar-refractivity contribution in [3.05, 3.63) is 22.7 Å². The highest BCUT2D eigenvalue weighted by molar-refractivity contribution is 7.92. The largest absolute Gasteiger partial charge is 0.460 e. The molecule has 1 aliphatic heterocycles. The van der Waals surface area contributed by atoms with E-state index in [2.05, 4.69) is 50.8 Å². The average molecular weight is 605 g/mol. The number of anilines is 2. The summed E-state index contributed by atoms with van der Waals surface area (Å²) in [6.07, 6.45) is 0.763. The van der Waals surface area contributed by atoms with Gasteiger partial charge in [-0.05, 0) is 56.2 Å². The van der Waals surface area contributed by atoms with Crippen LogP contribution in [0.5, 0.6) is 0 Å². The molecule has 1 unspecified atom stereocenters. The van der Waals surface area contributed by atoms with Gasteiger partial charge in [0.05, 0.1) is 12.3 Å². The highest BCUT2D eigenvalue weighted by Crippen LogP contribution is 2.42. The van der Waals surface area contributed by atoms with E-state index < -0.39 is 27.9 Å². The molecule has 2 heterocycles. The van der Waals surface area contributed by atoms with Crippen LogP contribution < -0.4 is 9.62 Å². The van der Waals surface area contributed by atoms with Crippen LogP contribution in [-0.2, 0) is 21.2 Å². The van der Waals surface area contributed by atoms with Crippen molar-refractivity contribution in [1.82, 2.24) is 10.2 Å². The van der Waals surface area contributed by atoms with Gasteiger partial charge in [0.1, 0.15) is 5.69 Å². The summed E-state index contributed by atoms with van der Waals surface area (Å²) in [7, 11) is -4.79. The minimum absolute atomic E-state index is 0.00830. The Bertz CT molecular complexity index is 1300. The van der Waals surface area contributed by atoms with Crippen molar-refractivity contribution in [2.75, 3.05) is 22.0 Å². The number of nitrogens with one attached hydrogen (secondary N) is 1. The molecule has 0 aliphatic carbocycles. The minimum atomic E-state index is -4.93. The number of esters is 1. The van der Waals surface area contributed by atoms with Crippen LogP contribution in [0, 0.1) is 0 Å². The molecule has 0 bridgehead atoms. The van der Waals surface area contributed by atoms with Gasteiger partial charge in [-0.25, -0.2) is 13.2 Å². The molecule has 1 N–H and O–H groups in total. The summed E-state index contributed by atoms with van der Waals surface area (Å²) in [4.78, 5) is 14.4. The maximum absolute atomic E-state index is 13.0. The number of rotatable bonds is 13. The number of carbonyl (C=O) groups is 1. The highest BCUT2D eigenvalue weighted by Gasteiger charge is 2.36. The number of hydrogen-bond acceptors (Lipinski definition) is 10. The Labute approximate surface area is 236 Å². The van der Waals surface area contributed by atoms with E-state index in [0.29, 0.717) is 12.8 Å². The first-order valence-electron chi connectivity index (χ1n) is 13.4. The SMILES string of the molecule is CCCCOC(=O)c1nnc(N=Nc2cc3c(cc2NS(=O)(=O)CC(F)(F)F)N(C(CC)CC)C(CC)CC3)s1. The summed E-state index contributed by atoms with van der Waals surface area (Å²) in [6.45, 7) is 8.42. The van der Waals surface area contributed by atoms with Crippen molar-refractivity contribution in [2.24, 2.45) is 10.2 Å². The van der Waals surface area contributed by atoms with Crippen molar-refractivity contribution in [3.63, 3.8) is 0 Å².